The topological polar surface area (TPSA) is 42.0 Å². The smallest absolute Gasteiger partial charge is 0.221 e. The molecule has 1 N–H and O–H groups in total. The quantitative estimate of drug-likeness (QED) is 0.569. The van der Waals surface area contributed by atoms with Gasteiger partial charge in [0.15, 0.2) is 0 Å². The highest BCUT2D eigenvalue weighted by molar-refractivity contribution is 7.99. The first-order valence-electron chi connectivity index (χ1n) is 8.60. The summed E-state index contributed by atoms with van der Waals surface area (Å²) < 4.78 is 0. The van der Waals surface area contributed by atoms with Gasteiger partial charge in [0.1, 0.15) is 5.01 Å². The lowest BCUT2D eigenvalue weighted by molar-refractivity contribution is -0.120. The summed E-state index contributed by atoms with van der Waals surface area (Å²) in [4.78, 5) is 19.1. The molecule has 0 aliphatic heterocycles. The lowest BCUT2D eigenvalue weighted by Crippen LogP contribution is -2.22. The Morgan fingerprint density at radius 3 is 2.58 bits per heavy atom. The Hall–Kier alpha value is -2.11. The number of aryl methyl sites for hydroxylation is 2. The molecule has 0 spiro atoms. The molecule has 3 aromatic rings. The average Bonchev–Trinajstić information content (AvgIpc) is 3.02. The van der Waals surface area contributed by atoms with Crippen LogP contribution < -0.4 is 5.32 Å². The van der Waals surface area contributed by atoms with Gasteiger partial charge in [-0.2, -0.15) is 0 Å². The minimum absolute atomic E-state index is 0.0821. The first-order valence-corrected chi connectivity index (χ1v) is 10.4. The molecule has 26 heavy (non-hydrogen) atoms. The monoisotopic (exact) mass is 382 g/mol. The molecule has 0 unspecified atom stereocenters. The van der Waals surface area contributed by atoms with E-state index >= 15 is 0 Å². The molecule has 0 atom stereocenters. The van der Waals surface area contributed by atoms with E-state index in [1.165, 1.54) is 10.5 Å². The molecule has 0 saturated heterocycles. The summed E-state index contributed by atoms with van der Waals surface area (Å²) >= 11 is 3.36. The number of rotatable bonds is 7. The third-order valence-electron chi connectivity index (χ3n) is 4.06. The Morgan fingerprint density at radius 1 is 1.08 bits per heavy atom. The van der Waals surface area contributed by atoms with Gasteiger partial charge in [0.25, 0.3) is 0 Å². The van der Waals surface area contributed by atoms with Crippen LogP contribution in [-0.4, -0.2) is 16.6 Å². The van der Waals surface area contributed by atoms with Crippen molar-refractivity contribution in [2.45, 2.75) is 31.7 Å². The second-order valence-electron chi connectivity index (χ2n) is 6.03. The minimum Gasteiger partial charge on any atom is -0.351 e. The molecule has 134 valence electrons. The summed E-state index contributed by atoms with van der Waals surface area (Å²) in [5.41, 5.74) is 3.37. The SMILES string of the molecule is Cc1ccccc1-c1nc(C)c(CNC(=O)CCSc2ccccc2)s1. The van der Waals surface area contributed by atoms with Crippen LogP contribution in [0.4, 0.5) is 0 Å². The van der Waals surface area contributed by atoms with Gasteiger partial charge in [0.2, 0.25) is 5.91 Å². The Balaban J connectivity index is 1.51. The summed E-state index contributed by atoms with van der Waals surface area (Å²) in [7, 11) is 0. The number of benzene rings is 2. The minimum atomic E-state index is 0.0821. The van der Waals surface area contributed by atoms with Crippen LogP contribution in [0, 0.1) is 13.8 Å². The number of nitrogens with one attached hydrogen (secondary N) is 1. The Morgan fingerprint density at radius 2 is 1.81 bits per heavy atom. The number of amides is 1. The summed E-state index contributed by atoms with van der Waals surface area (Å²) in [5, 5.41) is 4.04. The number of thiazole rings is 1. The van der Waals surface area contributed by atoms with Gasteiger partial charge >= 0.3 is 0 Å². The van der Waals surface area contributed by atoms with Crippen LogP contribution in [0.5, 0.6) is 0 Å². The molecule has 0 saturated carbocycles. The largest absolute Gasteiger partial charge is 0.351 e. The van der Waals surface area contributed by atoms with Crippen molar-refractivity contribution in [2.24, 2.45) is 0 Å². The highest BCUT2D eigenvalue weighted by Crippen LogP contribution is 2.30. The maximum atomic E-state index is 12.1. The van der Waals surface area contributed by atoms with Crippen LogP contribution in [0.15, 0.2) is 59.5 Å². The van der Waals surface area contributed by atoms with Crippen molar-refractivity contribution in [3.63, 3.8) is 0 Å². The Kier molecular flexibility index (Phi) is 6.47. The van der Waals surface area contributed by atoms with E-state index in [1.807, 2.05) is 37.3 Å². The second-order valence-corrected chi connectivity index (χ2v) is 8.28. The van der Waals surface area contributed by atoms with Gasteiger partial charge in [-0.25, -0.2) is 4.98 Å². The lowest BCUT2D eigenvalue weighted by atomic mass is 10.1. The third-order valence-corrected chi connectivity index (χ3v) is 6.26. The molecular weight excluding hydrogens is 360 g/mol. The lowest BCUT2D eigenvalue weighted by Gasteiger charge is -2.04. The van der Waals surface area contributed by atoms with E-state index in [2.05, 4.69) is 41.5 Å². The van der Waals surface area contributed by atoms with Crippen molar-refractivity contribution in [3.8, 4) is 10.6 Å². The van der Waals surface area contributed by atoms with E-state index in [0.717, 1.165) is 26.9 Å². The fraction of sp³-hybridized carbons (Fsp3) is 0.238. The molecule has 0 radical (unpaired) electrons. The molecule has 3 rings (SSSR count). The number of thioether (sulfide) groups is 1. The van der Waals surface area contributed by atoms with Crippen LogP contribution in [0.25, 0.3) is 10.6 Å². The van der Waals surface area contributed by atoms with E-state index in [4.69, 9.17) is 0 Å². The van der Waals surface area contributed by atoms with Crippen LogP contribution in [0.2, 0.25) is 0 Å². The first kappa shape index (κ1) is 18.7. The molecule has 1 heterocycles. The first-order chi connectivity index (χ1) is 12.6. The fourth-order valence-corrected chi connectivity index (χ4v) is 4.53. The van der Waals surface area contributed by atoms with E-state index < -0.39 is 0 Å². The standard InChI is InChI=1S/C21H22N2OS2/c1-15-8-6-7-11-18(15)21-23-16(2)19(26-21)14-22-20(24)12-13-25-17-9-4-3-5-10-17/h3-11H,12-14H2,1-2H3,(H,22,24). The highest BCUT2D eigenvalue weighted by Gasteiger charge is 2.12. The van der Waals surface area contributed by atoms with Gasteiger partial charge < -0.3 is 5.32 Å². The molecule has 0 fully saturated rings. The maximum absolute atomic E-state index is 12.1. The Bertz CT molecular complexity index is 875. The van der Waals surface area contributed by atoms with Gasteiger partial charge in [-0.05, 0) is 31.5 Å². The van der Waals surface area contributed by atoms with E-state index in [1.54, 1.807) is 23.1 Å². The van der Waals surface area contributed by atoms with Crippen LogP contribution >= 0.6 is 23.1 Å². The van der Waals surface area contributed by atoms with Crippen LogP contribution in [0.3, 0.4) is 0 Å². The van der Waals surface area contributed by atoms with E-state index in [-0.39, 0.29) is 5.91 Å². The van der Waals surface area contributed by atoms with Gasteiger partial charge in [-0.1, -0.05) is 42.5 Å². The average molecular weight is 383 g/mol. The molecular formula is C21H22N2OS2. The number of carbonyl (C=O) groups is 1. The Labute approximate surface area is 162 Å². The highest BCUT2D eigenvalue weighted by atomic mass is 32.2. The molecule has 5 heteroatoms. The fourth-order valence-electron chi connectivity index (χ4n) is 2.57. The van der Waals surface area contributed by atoms with Crippen LogP contribution in [-0.2, 0) is 11.3 Å². The molecule has 2 aromatic carbocycles. The number of hydrogen-bond acceptors (Lipinski definition) is 4. The zero-order chi connectivity index (χ0) is 18.4. The molecule has 0 aliphatic rings. The zero-order valence-corrected chi connectivity index (χ0v) is 16.6. The molecule has 1 amide bonds. The number of carbonyl (C=O) groups excluding carboxylic acids is 1. The number of nitrogens with zero attached hydrogens (tertiary/aromatic N) is 1. The van der Waals surface area contributed by atoms with Crippen molar-refractivity contribution in [1.82, 2.24) is 10.3 Å². The molecule has 0 bridgehead atoms. The summed E-state index contributed by atoms with van der Waals surface area (Å²) in [6, 6.07) is 18.4. The molecule has 0 aliphatic carbocycles. The van der Waals surface area contributed by atoms with Gasteiger partial charge in [0, 0.05) is 27.5 Å². The molecule has 3 nitrogen and oxygen atoms in total. The number of hydrogen-bond donors (Lipinski definition) is 1. The third kappa shape index (κ3) is 4.96. The van der Waals surface area contributed by atoms with Gasteiger partial charge in [0.05, 0.1) is 12.2 Å². The van der Waals surface area contributed by atoms with Crippen molar-refractivity contribution >= 4 is 29.0 Å². The van der Waals surface area contributed by atoms with E-state index in [0.29, 0.717) is 13.0 Å². The van der Waals surface area contributed by atoms with Crippen LogP contribution in [0.1, 0.15) is 22.6 Å². The van der Waals surface area contributed by atoms with Crippen molar-refractivity contribution < 1.29 is 4.79 Å². The van der Waals surface area contributed by atoms with Crippen molar-refractivity contribution in [1.29, 1.82) is 0 Å². The second kappa shape index (κ2) is 9.01. The summed E-state index contributed by atoms with van der Waals surface area (Å²) in [6.07, 6.45) is 0.516. The molecule has 1 aromatic heterocycles. The maximum Gasteiger partial charge on any atom is 0.221 e. The van der Waals surface area contributed by atoms with Gasteiger partial charge in [-0.15, -0.1) is 23.1 Å². The van der Waals surface area contributed by atoms with Crippen molar-refractivity contribution in [3.05, 3.63) is 70.7 Å². The predicted molar refractivity (Wildman–Crippen MR) is 111 cm³/mol. The van der Waals surface area contributed by atoms with E-state index in [9.17, 15) is 4.79 Å². The normalized spacial score (nSPS) is 10.7. The summed E-state index contributed by atoms with van der Waals surface area (Å²) in [6.45, 7) is 4.65. The van der Waals surface area contributed by atoms with Gasteiger partial charge in [-0.3, -0.25) is 4.79 Å². The number of aromatic nitrogens is 1. The predicted octanol–water partition coefficient (Wildman–Crippen LogP) is 5.23. The van der Waals surface area contributed by atoms with Crippen molar-refractivity contribution in [2.75, 3.05) is 5.75 Å². The zero-order valence-electron chi connectivity index (χ0n) is 15.0. The summed E-state index contributed by atoms with van der Waals surface area (Å²) in [5.74, 6) is 0.866.